The molecule has 1 atom stereocenters. The van der Waals surface area contributed by atoms with Gasteiger partial charge < -0.3 is 24.8 Å². The third-order valence-corrected chi connectivity index (χ3v) is 4.59. The fraction of sp³-hybridized carbons (Fsp3) is 0.333. The quantitative estimate of drug-likeness (QED) is 0.489. The van der Waals surface area contributed by atoms with Gasteiger partial charge in [0.15, 0.2) is 0 Å². The molecule has 0 fully saturated rings. The summed E-state index contributed by atoms with van der Waals surface area (Å²) in [6.07, 6.45) is 2.35. The van der Waals surface area contributed by atoms with E-state index >= 15 is 0 Å². The first kappa shape index (κ1) is 15.4. The molecule has 3 heteroatoms. The van der Waals surface area contributed by atoms with Crippen molar-refractivity contribution < 1.29 is 49.5 Å². The summed E-state index contributed by atoms with van der Waals surface area (Å²) in [5, 5.41) is 0. The molecule has 15 heavy (non-hydrogen) atoms. The third-order valence-electron chi connectivity index (χ3n) is 2.70. The Kier molecular flexibility index (Phi) is 5.82. The van der Waals surface area contributed by atoms with Crippen LogP contribution in [0.2, 0.25) is 0 Å². The van der Waals surface area contributed by atoms with E-state index < -0.39 is 0 Å². The fourth-order valence-electron chi connectivity index (χ4n) is 2.00. The number of hydrogen-bond donors (Lipinski definition) is 0. The van der Waals surface area contributed by atoms with Gasteiger partial charge in [0.2, 0.25) is 0 Å². The van der Waals surface area contributed by atoms with Crippen LogP contribution in [-0.4, -0.2) is 0 Å². The van der Waals surface area contributed by atoms with Gasteiger partial charge in [0.05, 0.1) is 0 Å². The van der Waals surface area contributed by atoms with Gasteiger partial charge in [-0.15, -0.1) is 0 Å². The molecule has 0 bridgehead atoms. The zero-order valence-electron chi connectivity index (χ0n) is 9.07. The maximum Gasteiger partial charge on any atom is -1.00 e. The summed E-state index contributed by atoms with van der Waals surface area (Å²) < 4.78 is 0.709. The molecule has 0 radical (unpaired) electrons. The van der Waals surface area contributed by atoms with Crippen LogP contribution < -0.4 is 24.8 Å². The van der Waals surface area contributed by atoms with E-state index in [1.54, 1.807) is 30.3 Å². The van der Waals surface area contributed by atoms with Crippen LogP contribution in [0.1, 0.15) is 32.8 Å². The Hall–Kier alpha value is 0.423. The SMILES string of the molecule is CC1=Cc2c(C)cc(C)cc2[CH]1[Zr+2].[Cl-].[Cl-]. The Balaban J connectivity index is 0.000000980. The van der Waals surface area contributed by atoms with Crippen LogP contribution in [0.3, 0.4) is 0 Å². The van der Waals surface area contributed by atoms with Gasteiger partial charge >= 0.3 is 95.2 Å². The Bertz CT molecular complexity index is 397. The van der Waals surface area contributed by atoms with E-state index in [-0.39, 0.29) is 24.8 Å². The second-order valence-corrected chi connectivity index (χ2v) is 5.33. The summed E-state index contributed by atoms with van der Waals surface area (Å²) in [6, 6.07) is 4.62. The molecule has 1 aliphatic carbocycles. The number of allylic oxidation sites excluding steroid dienone is 1. The molecule has 1 unspecified atom stereocenters. The zero-order valence-corrected chi connectivity index (χ0v) is 13.0. The predicted octanol–water partition coefficient (Wildman–Crippen LogP) is -2.68. The molecular formula is C12H13Cl2Zr. The fourth-order valence-corrected chi connectivity index (χ4v) is 2.80. The van der Waals surface area contributed by atoms with Gasteiger partial charge in [0.1, 0.15) is 0 Å². The first-order valence-corrected chi connectivity index (χ1v) is 6.02. The summed E-state index contributed by atoms with van der Waals surface area (Å²) in [6.45, 7) is 6.64. The Morgan fingerprint density at radius 1 is 1.07 bits per heavy atom. The summed E-state index contributed by atoms with van der Waals surface area (Å²) in [4.78, 5) is 0. The van der Waals surface area contributed by atoms with E-state index in [0.717, 1.165) is 0 Å². The van der Waals surface area contributed by atoms with Crippen molar-refractivity contribution in [2.45, 2.75) is 24.4 Å². The molecule has 2 rings (SSSR count). The minimum Gasteiger partial charge on any atom is -1.00 e. The third kappa shape index (κ3) is 2.76. The van der Waals surface area contributed by atoms with Gasteiger partial charge in [-0.3, -0.25) is 0 Å². The average Bonchev–Trinajstić information content (AvgIpc) is 2.32. The van der Waals surface area contributed by atoms with Crippen molar-refractivity contribution >= 4 is 6.08 Å². The van der Waals surface area contributed by atoms with Crippen molar-refractivity contribution in [2.24, 2.45) is 0 Å². The molecule has 0 nitrogen and oxygen atoms in total. The zero-order chi connectivity index (χ0) is 9.59. The van der Waals surface area contributed by atoms with E-state index in [1.807, 2.05) is 0 Å². The summed E-state index contributed by atoms with van der Waals surface area (Å²) in [5.74, 6) is 0. The van der Waals surface area contributed by atoms with Crippen molar-refractivity contribution in [1.29, 1.82) is 0 Å². The molecule has 0 N–H and O–H groups in total. The first-order chi connectivity index (χ1) is 6.09. The molecule has 0 aliphatic heterocycles. The molecule has 1 aliphatic rings. The van der Waals surface area contributed by atoms with Crippen LogP contribution in [-0.2, 0) is 24.7 Å². The molecule has 0 spiro atoms. The van der Waals surface area contributed by atoms with Crippen molar-refractivity contribution in [2.75, 3.05) is 0 Å². The molecule has 0 saturated heterocycles. The van der Waals surface area contributed by atoms with Gasteiger partial charge in [-0.1, -0.05) is 0 Å². The van der Waals surface area contributed by atoms with Crippen LogP contribution >= 0.6 is 0 Å². The first-order valence-electron chi connectivity index (χ1n) is 4.60. The Labute approximate surface area is 119 Å². The summed E-state index contributed by atoms with van der Waals surface area (Å²) in [7, 11) is 0. The van der Waals surface area contributed by atoms with E-state index in [4.69, 9.17) is 0 Å². The van der Waals surface area contributed by atoms with E-state index in [9.17, 15) is 0 Å². The second-order valence-electron chi connectivity index (χ2n) is 3.91. The summed E-state index contributed by atoms with van der Waals surface area (Å²) >= 11 is 1.61. The number of benzene rings is 1. The predicted molar refractivity (Wildman–Crippen MR) is 52.3 cm³/mol. The monoisotopic (exact) mass is 317 g/mol. The second kappa shape index (κ2) is 5.66. The molecule has 0 saturated carbocycles. The van der Waals surface area contributed by atoms with Gasteiger partial charge in [-0.2, -0.15) is 0 Å². The molecule has 1 aromatic rings. The van der Waals surface area contributed by atoms with Crippen LogP contribution in [0.4, 0.5) is 0 Å². The number of aryl methyl sites for hydroxylation is 2. The van der Waals surface area contributed by atoms with E-state index in [0.29, 0.717) is 3.63 Å². The molecular weight excluding hydrogens is 306 g/mol. The van der Waals surface area contributed by atoms with Crippen LogP contribution in [0.5, 0.6) is 0 Å². The maximum atomic E-state index is 2.35. The minimum absolute atomic E-state index is 0. The Morgan fingerprint density at radius 2 is 1.67 bits per heavy atom. The number of rotatable bonds is 0. The molecule has 0 heterocycles. The van der Waals surface area contributed by atoms with Crippen molar-refractivity contribution in [3.05, 3.63) is 40.0 Å². The Morgan fingerprint density at radius 3 is 2.27 bits per heavy atom. The van der Waals surface area contributed by atoms with E-state index in [1.165, 1.54) is 22.3 Å². The van der Waals surface area contributed by atoms with Gasteiger partial charge in [0.25, 0.3) is 0 Å². The largest absolute Gasteiger partial charge is 1.00 e. The molecule has 0 amide bonds. The maximum absolute atomic E-state index is 2.35. The van der Waals surface area contributed by atoms with Gasteiger partial charge in [-0.25, -0.2) is 0 Å². The van der Waals surface area contributed by atoms with Gasteiger partial charge in [0, 0.05) is 0 Å². The van der Waals surface area contributed by atoms with Crippen molar-refractivity contribution in [1.82, 2.24) is 0 Å². The normalized spacial score (nSPS) is 17.4. The molecule has 0 aromatic heterocycles. The average molecular weight is 319 g/mol. The van der Waals surface area contributed by atoms with Gasteiger partial charge in [-0.05, 0) is 0 Å². The number of halogens is 2. The number of fused-ring (bicyclic) bond motifs is 1. The standard InChI is InChI=1S/C12H13.2ClH.Zr/c1-8-4-10(3)12-7-9(2)6-11(12)5-8;;;/h4-7H,1-3H3;2*1H;/q;;;+2/p-2. The minimum atomic E-state index is 0. The van der Waals surface area contributed by atoms with Crippen molar-refractivity contribution in [3.63, 3.8) is 0 Å². The molecule has 79 valence electrons. The van der Waals surface area contributed by atoms with Crippen LogP contribution in [0, 0.1) is 13.8 Å². The molecule has 1 aromatic carbocycles. The number of hydrogen-bond acceptors (Lipinski definition) is 0. The smallest absolute Gasteiger partial charge is 1.00 e. The van der Waals surface area contributed by atoms with E-state index in [2.05, 4.69) is 39.0 Å². The van der Waals surface area contributed by atoms with Crippen LogP contribution in [0.25, 0.3) is 6.08 Å². The summed E-state index contributed by atoms with van der Waals surface area (Å²) in [5.41, 5.74) is 7.38. The van der Waals surface area contributed by atoms with Crippen molar-refractivity contribution in [3.8, 4) is 0 Å². The van der Waals surface area contributed by atoms with Crippen LogP contribution in [0.15, 0.2) is 17.7 Å². The topological polar surface area (TPSA) is 0 Å².